The lowest BCUT2D eigenvalue weighted by atomic mass is 9.87. The molecule has 3 nitrogen and oxygen atoms in total. The summed E-state index contributed by atoms with van der Waals surface area (Å²) in [5.41, 5.74) is 3.84. The van der Waals surface area contributed by atoms with Crippen molar-refractivity contribution >= 4 is 11.4 Å². The third-order valence-electron chi connectivity index (χ3n) is 5.35. The second-order valence-corrected chi connectivity index (χ2v) is 8.02. The van der Waals surface area contributed by atoms with Gasteiger partial charge in [-0.25, -0.2) is 0 Å². The van der Waals surface area contributed by atoms with Gasteiger partial charge >= 0.3 is 0 Å². The van der Waals surface area contributed by atoms with E-state index >= 15 is 0 Å². The Balaban J connectivity index is 1.74. The van der Waals surface area contributed by atoms with E-state index < -0.39 is 0 Å². The van der Waals surface area contributed by atoms with Crippen molar-refractivity contribution < 1.29 is 9.53 Å². The molecule has 1 unspecified atom stereocenters. The molecule has 148 valence electrons. The third-order valence-corrected chi connectivity index (χ3v) is 5.35. The number of fused-ring (bicyclic) bond motifs is 1. The minimum Gasteiger partial charge on any atom is -0.475 e. The number of ketones is 1. The second-order valence-electron chi connectivity index (χ2n) is 8.02. The van der Waals surface area contributed by atoms with Gasteiger partial charge in [-0.15, -0.1) is 0 Å². The summed E-state index contributed by atoms with van der Waals surface area (Å²) in [6.07, 6.45) is 3.95. The fraction of sp³-hybridized carbons (Fsp3) is 0.400. The van der Waals surface area contributed by atoms with Crippen LogP contribution in [0.25, 0.3) is 5.57 Å². The monoisotopic (exact) mass is 377 g/mol. The number of ether oxygens (including phenoxy) is 1. The van der Waals surface area contributed by atoms with Crippen LogP contribution in [0.2, 0.25) is 0 Å². The maximum absolute atomic E-state index is 13.1. The van der Waals surface area contributed by atoms with Crippen LogP contribution >= 0.6 is 0 Å². The van der Waals surface area contributed by atoms with Gasteiger partial charge in [-0.05, 0) is 82.9 Å². The minimum atomic E-state index is -0.0329. The molecule has 0 bridgehead atoms. The number of carbonyl (C=O) groups excluding carboxylic acids is 1. The molecule has 0 heterocycles. The Labute approximate surface area is 169 Å². The van der Waals surface area contributed by atoms with Gasteiger partial charge in [0.2, 0.25) is 0 Å². The summed E-state index contributed by atoms with van der Waals surface area (Å²) < 4.78 is 6.14. The van der Waals surface area contributed by atoms with Crippen LogP contribution in [0.3, 0.4) is 0 Å². The van der Waals surface area contributed by atoms with E-state index in [4.69, 9.17) is 4.74 Å². The van der Waals surface area contributed by atoms with Crippen LogP contribution < -0.4 is 4.74 Å². The predicted molar refractivity (Wildman–Crippen MR) is 116 cm³/mol. The second kappa shape index (κ2) is 8.74. The summed E-state index contributed by atoms with van der Waals surface area (Å²) in [6.45, 7) is 10.8. The standard InChI is InChI=1S/C25H31NO2/c1-17(2)26(18(3)4)19(5)28-22-15-13-21(14-16-22)25(27)24-12-8-10-20-9-6-7-11-23(20)24/h6-7,9,11-19H,8,10H2,1-5H3. The van der Waals surface area contributed by atoms with Crippen LogP contribution in [0.1, 0.15) is 62.5 Å². The molecular formula is C25H31NO2. The number of hydrogen-bond donors (Lipinski definition) is 0. The lowest BCUT2D eigenvalue weighted by molar-refractivity contribution is -0.00560. The molecule has 0 amide bonds. The summed E-state index contributed by atoms with van der Waals surface area (Å²) in [5.74, 6) is 0.867. The van der Waals surface area contributed by atoms with Gasteiger partial charge in [-0.1, -0.05) is 30.3 Å². The summed E-state index contributed by atoms with van der Waals surface area (Å²) >= 11 is 0. The van der Waals surface area contributed by atoms with Crippen LogP contribution in [0.15, 0.2) is 54.6 Å². The predicted octanol–water partition coefficient (Wildman–Crippen LogP) is 5.74. The Morgan fingerprint density at radius 3 is 2.21 bits per heavy atom. The van der Waals surface area contributed by atoms with Gasteiger partial charge in [0.25, 0.3) is 0 Å². The first-order valence-corrected chi connectivity index (χ1v) is 10.3. The smallest absolute Gasteiger partial charge is 0.193 e. The van der Waals surface area contributed by atoms with Gasteiger partial charge in [0, 0.05) is 23.2 Å². The highest BCUT2D eigenvalue weighted by Crippen LogP contribution is 2.29. The van der Waals surface area contributed by atoms with Crippen LogP contribution in [0, 0.1) is 0 Å². The molecule has 1 atom stereocenters. The molecule has 3 heteroatoms. The van der Waals surface area contributed by atoms with E-state index in [9.17, 15) is 4.79 Å². The molecule has 0 fully saturated rings. The first-order valence-electron chi connectivity index (χ1n) is 10.3. The molecule has 28 heavy (non-hydrogen) atoms. The lowest BCUT2D eigenvalue weighted by Crippen LogP contribution is -2.46. The van der Waals surface area contributed by atoms with E-state index in [2.05, 4.69) is 51.7 Å². The van der Waals surface area contributed by atoms with Crippen molar-refractivity contribution in [2.75, 3.05) is 0 Å². The lowest BCUT2D eigenvalue weighted by Gasteiger charge is -2.36. The van der Waals surface area contributed by atoms with E-state index in [0.717, 1.165) is 29.7 Å². The van der Waals surface area contributed by atoms with Crippen molar-refractivity contribution in [1.29, 1.82) is 0 Å². The van der Waals surface area contributed by atoms with Crippen molar-refractivity contribution in [2.45, 2.75) is 65.8 Å². The molecule has 2 aromatic carbocycles. The summed E-state index contributed by atoms with van der Waals surface area (Å²) in [5, 5.41) is 0. The molecular weight excluding hydrogens is 346 g/mol. The topological polar surface area (TPSA) is 29.5 Å². The maximum Gasteiger partial charge on any atom is 0.193 e. The number of Topliss-reactive ketones (excluding diaryl/α,β-unsaturated/α-hetero) is 1. The average Bonchev–Trinajstić information content (AvgIpc) is 2.67. The largest absolute Gasteiger partial charge is 0.475 e. The first-order chi connectivity index (χ1) is 13.4. The molecule has 0 spiro atoms. The van der Waals surface area contributed by atoms with Crippen molar-refractivity contribution in [1.82, 2.24) is 4.90 Å². The van der Waals surface area contributed by atoms with Crippen LogP contribution in [-0.2, 0) is 6.42 Å². The van der Waals surface area contributed by atoms with Crippen molar-refractivity contribution in [2.24, 2.45) is 0 Å². The number of nitrogens with zero attached hydrogens (tertiary/aromatic N) is 1. The number of allylic oxidation sites excluding steroid dienone is 2. The van der Waals surface area contributed by atoms with Gasteiger partial charge in [0.1, 0.15) is 12.0 Å². The zero-order valence-corrected chi connectivity index (χ0v) is 17.6. The van der Waals surface area contributed by atoms with Gasteiger partial charge < -0.3 is 4.74 Å². The highest BCUT2D eigenvalue weighted by Gasteiger charge is 2.22. The average molecular weight is 378 g/mol. The quantitative estimate of drug-likeness (QED) is 0.455. The zero-order chi connectivity index (χ0) is 20.3. The highest BCUT2D eigenvalue weighted by atomic mass is 16.5. The molecule has 0 radical (unpaired) electrons. The molecule has 0 aromatic heterocycles. The molecule has 0 saturated carbocycles. The third kappa shape index (κ3) is 4.36. The van der Waals surface area contributed by atoms with Crippen LogP contribution in [-0.4, -0.2) is 29.0 Å². The molecule has 2 aromatic rings. The Morgan fingerprint density at radius 2 is 1.57 bits per heavy atom. The van der Waals surface area contributed by atoms with Crippen molar-refractivity contribution in [3.63, 3.8) is 0 Å². The highest BCUT2D eigenvalue weighted by molar-refractivity contribution is 6.29. The minimum absolute atomic E-state index is 0.0329. The van der Waals surface area contributed by atoms with E-state index in [1.165, 1.54) is 5.56 Å². The summed E-state index contributed by atoms with van der Waals surface area (Å²) in [6, 6.07) is 16.5. The van der Waals surface area contributed by atoms with Crippen LogP contribution in [0.4, 0.5) is 0 Å². The van der Waals surface area contributed by atoms with Crippen molar-refractivity contribution in [3.8, 4) is 5.75 Å². The van der Waals surface area contributed by atoms with E-state index in [1.807, 2.05) is 42.5 Å². The van der Waals surface area contributed by atoms with E-state index in [-0.39, 0.29) is 12.0 Å². The Bertz CT molecular complexity index is 841. The Kier molecular flexibility index (Phi) is 6.35. The number of carbonyl (C=O) groups is 1. The van der Waals surface area contributed by atoms with E-state index in [0.29, 0.717) is 17.6 Å². The number of aryl methyl sites for hydroxylation is 1. The van der Waals surface area contributed by atoms with Gasteiger partial charge in [-0.3, -0.25) is 9.69 Å². The fourth-order valence-corrected chi connectivity index (χ4v) is 4.23. The molecule has 3 rings (SSSR count). The number of rotatable bonds is 7. The van der Waals surface area contributed by atoms with Gasteiger partial charge in [0.15, 0.2) is 5.78 Å². The van der Waals surface area contributed by atoms with Crippen LogP contribution in [0.5, 0.6) is 5.75 Å². The molecule has 1 aliphatic carbocycles. The van der Waals surface area contributed by atoms with Crippen molar-refractivity contribution in [3.05, 3.63) is 71.3 Å². The number of hydrogen-bond acceptors (Lipinski definition) is 3. The SMILES string of the molecule is CC(C)N(C(C)C)C(C)Oc1ccc(C(=O)C2=CCCc3ccccc32)cc1. The summed E-state index contributed by atoms with van der Waals surface area (Å²) in [7, 11) is 0. The molecule has 1 aliphatic rings. The number of benzene rings is 2. The molecule has 0 saturated heterocycles. The Hall–Kier alpha value is -2.39. The molecule has 0 N–H and O–H groups in total. The molecule has 0 aliphatic heterocycles. The fourth-order valence-electron chi connectivity index (χ4n) is 4.23. The first kappa shape index (κ1) is 20.3. The summed E-state index contributed by atoms with van der Waals surface area (Å²) in [4.78, 5) is 15.4. The van der Waals surface area contributed by atoms with E-state index in [1.54, 1.807) is 0 Å². The normalized spacial score (nSPS) is 14.8. The Morgan fingerprint density at radius 1 is 0.929 bits per heavy atom. The zero-order valence-electron chi connectivity index (χ0n) is 17.6. The van der Waals surface area contributed by atoms with Gasteiger partial charge in [0.05, 0.1) is 0 Å². The van der Waals surface area contributed by atoms with Gasteiger partial charge in [-0.2, -0.15) is 0 Å². The maximum atomic E-state index is 13.1.